The number of nitrogens with zero attached hydrogens (tertiary/aromatic N) is 2. The van der Waals surface area contributed by atoms with Gasteiger partial charge in [0, 0.05) is 6.20 Å². The molecular weight excluding hydrogens is 184 g/mol. The maximum atomic E-state index is 10.3. The van der Waals surface area contributed by atoms with E-state index >= 15 is 0 Å². The summed E-state index contributed by atoms with van der Waals surface area (Å²) in [4.78, 5) is 23.1. The van der Waals surface area contributed by atoms with Crippen LogP contribution >= 0.6 is 0 Å². The zero-order chi connectivity index (χ0) is 10.4. The molecule has 0 aliphatic rings. The Morgan fingerprint density at radius 2 is 2.50 bits per heavy atom. The highest BCUT2D eigenvalue weighted by Gasteiger charge is 1.96. The fourth-order valence-corrected chi connectivity index (χ4v) is 0.851. The second-order valence-electron chi connectivity index (χ2n) is 2.67. The summed E-state index contributed by atoms with van der Waals surface area (Å²) in [7, 11) is 0. The van der Waals surface area contributed by atoms with Crippen LogP contribution in [-0.2, 0) is 16.2 Å². The van der Waals surface area contributed by atoms with Crippen LogP contribution < -0.4 is 11.2 Å². The molecule has 0 aliphatic heterocycles. The average molecular weight is 196 g/mol. The molecule has 0 unspecified atom stereocenters. The lowest BCUT2D eigenvalue weighted by atomic mass is 10.4. The zero-order valence-electron chi connectivity index (χ0n) is 7.86. The normalized spacial score (nSPS) is 10.1. The number of aromatic nitrogens is 2. The molecule has 3 N–H and O–H groups in total. The standard InChI is InChI=1S/C8H12N4O2/c1-6-10-3-2-7(12-6)4-11-14-5-8(9)13/h2-3,11H,4-5H2,1H3,(H2,9,13). The summed E-state index contributed by atoms with van der Waals surface area (Å²) in [5.41, 5.74) is 8.23. The fraction of sp³-hybridized carbons (Fsp3) is 0.375. The van der Waals surface area contributed by atoms with Gasteiger partial charge in [0.1, 0.15) is 12.4 Å². The Kier molecular flexibility index (Phi) is 3.96. The summed E-state index contributed by atoms with van der Waals surface area (Å²) in [5.74, 6) is 0.176. The van der Waals surface area contributed by atoms with Crippen molar-refractivity contribution in [2.75, 3.05) is 6.61 Å². The van der Waals surface area contributed by atoms with Crippen molar-refractivity contribution in [1.82, 2.24) is 15.4 Å². The van der Waals surface area contributed by atoms with Gasteiger partial charge in [-0.2, -0.15) is 5.48 Å². The Hall–Kier alpha value is -1.53. The Morgan fingerprint density at radius 1 is 1.71 bits per heavy atom. The molecule has 0 aliphatic carbocycles. The number of aryl methyl sites for hydroxylation is 1. The monoisotopic (exact) mass is 196 g/mol. The Morgan fingerprint density at radius 3 is 3.14 bits per heavy atom. The first-order valence-corrected chi connectivity index (χ1v) is 4.10. The lowest BCUT2D eigenvalue weighted by Gasteiger charge is -2.03. The lowest BCUT2D eigenvalue weighted by Crippen LogP contribution is -2.24. The molecule has 6 nitrogen and oxygen atoms in total. The number of nitrogens with two attached hydrogens (primary N) is 1. The van der Waals surface area contributed by atoms with Crippen LogP contribution in [0.2, 0.25) is 0 Å². The first kappa shape index (κ1) is 10.6. The fourth-order valence-electron chi connectivity index (χ4n) is 0.851. The molecule has 0 aromatic carbocycles. The van der Waals surface area contributed by atoms with E-state index in [9.17, 15) is 4.79 Å². The predicted octanol–water partition coefficient (Wildman–Crippen LogP) is -0.708. The molecule has 0 saturated carbocycles. The molecular formula is C8H12N4O2. The first-order valence-electron chi connectivity index (χ1n) is 4.10. The highest BCUT2D eigenvalue weighted by molar-refractivity contribution is 5.74. The molecule has 1 amide bonds. The SMILES string of the molecule is Cc1nccc(CNOCC(N)=O)n1. The molecule has 1 rings (SSSR count). The van der Waals surface area contributed by atoms with Gasteiger partial charge in [0.2, 0.25) is 5.91 Å². The van der Waals surface area contributed by atoms with E-state index in [0.29, 0.717) is 12.4 Å². The van der Waals surface area contributed by atoms with Crippen LogP contribution in [0.5, 0.6) is 0 Å². The molecule has 1 aromatic heterocycles. The largest absolute Gasteiger partial charge is 0.368 e. The highest BCUT2D eigenvalue weighted by Crippen LogP contribution is 1.93. The molecule has 0 radical (unpaired) electrons. The Balaban J connectivity index is 2.28. The van der Waals surface area contributed by atoms with Crippen molar-refractivity contribution in [3.05, 3.63) is 23.8 Å². The van der Waals surface area contributed by atoms with E-state index in [1.807, 2.05) is 0 Å². The Labute approximate surface area is 81.4 Å². The number of carbonyl (C=O) groups excluding carboxylic acids is 1. The average Bonchev–Trinajstić information content (AvgIpc) is 2.12. The number of amides is 1. The van der Waals surface area contributed by atoms with E-state index in [2.05, 4.69) is 15.4 Å². The summed E-state index contributed by atoms with van der Waals surface area (Å²) in [6.07, 6.45) is 1.66. The van der Waals surface area contributed by atoms with Crippen molar-refractivity contribution in [1.29, 1.82) is 0 Å². The second kappa shape index (κ2) is 5.25. The number of hydrogen-bond donors (Lipinski definition) is 2. The number of hydroxylamine groups is 1. The maximum absolute atomic E-state index is 10.3. The van der Waals surface area contributed by atoms with Crippen LogP contribution in [-0.4, -0.2) is 22.5 Å². The maximum Gasteiger partial charge on any atom is 0.245 e. The molecule has 1 heterocycles. The minimum atomic E-state index is -0.517. The predicted molar refractivity (Wildman–Crippen MR) is 48.8 cm³/mol. The van der Waals surface area contributed by atoms with Crippen molar-refractivity contribution in [3.63, 3.8) is 0 Å². The van der Waals surface area contributed by atoms with Gasteiger partial charge in [0.15, 0.2) is 0 Å². The molecule has 76 valence electrons. The number of carbonyl (C=O) groups is 1. The van der Waals surface area contributed by atoms with Crippen molar-refractivity contribution in [2.45, 2.75) is 13.5 Å². The van der Waals surface area contributed by atoms with Gasteiger partial charge in [0.05, 0.1) is 12.2 Å². The van der Waals surface area contributed by atoms with Crippen LogP contribution in [0.3, 0.4) is 0 Å². The summed E-state index contributed by atoms with van der Waals surface area (Å²) in [5, 5.41) is 0. The van der Waals surface area contributed by atoms with Gasteiger partial charge in [-0.25, -0.2) is 9.97 Å². The summed E-state index contributed by atoms with van der Waals surface area (Å²) in [6, 6.07) is 1.76. The van der Waals surface area contributed by atoms with Crippen LogP contribution in [0.15, 0.2) is 12.3 Å². The van der Waals surface area contributed by atoms with E-state index < -0.39 is 5.91 Å². The van der Waals surface area contributed by atoms with Gasteiger partial charge in [-0.3, -0.25) is 9.63 Å². The third-order valence-corrected chi connectivity index (χ3v) is 1.40. The zero-order valence-corrected chi connectivity index (χ0v) is 7.86. The van der Waals surface area contributed by atoms with Gasteiger partial charge < -0.3 is 5.73 Å². The molecule has 6 heteroatoms. The molecule has 0 atom stereocenters. The van der Waals surface area contributed by atoms with Crippen molar-refractivity contribution < 1.29 is 9.63 Å². The van der Waals surface area contributed by atoms with E-state index in [1.54, 1.807) is 19.2 Å². The first-order chi connectivity index (χ1) is 6.68. The van der Waals surface area contributed by atoms with Crippen molar-refractivity contribution >= 4 is 5.91 Å². The summed E-state index contributed by atoms with van der Waals surface area (Å²) >= 11 is 0. The second-order valence-corrected chi connectivity index (χ2v) is 2.67. The van der Waals surface area contributed by atoms with Crippen LogP contribution in [0.1, 0.15) is 11.5 Å². The summed E-state index contributed by atoms with van der Waals surface area (Å²) in [6.45, 7) is 2.06. The third-order valence-electron chi connectivity index (χ3n) is 1.40. The van der Waals surface area contributed by atoms with Crippen molar-refractivity contribution in [3.8, 4) is 0 Å². The molecule has 14 heavy (non-hydrogen) atoms. The number of primary amides is 1. The number of hydrogen-bond acceptors (Lipinski definition) is 5. The van der Waals surface area contributed by atoms with Crippen molar-refractivity contribution in [2.24, 2.45) is 5.73 Å². The van der Waals surface area contributed by atoms with E-state index in [-0.39, 0.29) is 6.61 Å². The van der Waals surface area contributed by atoms with Crippen LogP contribution in [0, 0.1) is 6.92 Å². The van der Waals surface area contributed by atoms with Gasteiger partial charge in [-0.15, -0.1) is 0 Å². The van der Waals surface area contributed by atoms with E-state index in [4.69, 9.17) is 10.6 Å². The van der Waals surface area contributed by atoms with Crippen LogP contribution in [0.25, 0.3) is 0 Å². The van der Waals surface area contributed by atoms with Gasteiger partial charge in [-0.1, -0.05) is 0 Å². The lowest BCUT2D eigenvalue weighted by molar-refractivity contribution is -0.125. The minimum Gasteiger partial charge on any atom is -0.368 e. The number of nitrogens with one attached hydrogen (secondary N) is 1. The molecule has 1 aromatic rings. The highest BCUT2D eigenvalue weighted by atomic mass is 16.6. The van der Waals surface area contributed by atoms with E-state index in [1.165, 1.54) is 0 Å². The van der Waals surface area contributed by atoms with Gasteiger partial charge in [-0.05, 0) is 13.0 Å². The van der Waals surface area contributed by atoms with Gasteiger partial charge >= 0.3 is 0 Å². The molecule has 0 saturated heterocycles. The topological polar surface area (TPSA) is 90.1 Å². The quantitative estimate of drug-likeness (QED) is 0.479. The third kappa shape index (κ3) is 3.92. The summed E-state index contributed by atoms with van der Waals surface area (Å²) < 4.78 is 0. The number of rotatable bonds is 5. The molecule has 0 spiro atoms. The molecule has 0 fully saturated rings. The van der Waals surface area contributed by atoms with Gasteiger partial charge in [0.25, 0.3) is 0 Å². The Bertz CT molecular complexity index is 316. The smallest absolute Gasteiger partial charge is 0.245 e. The van der Waals surface area contributed by atoms with E-state index in [0.717, 1.165) is 5.69 Å². The molecule has 0 bridgehead atoms. The van der Waals surface area contributed by atoms with Crippen LogP contribution in [0.4, 0.5) is 0 Å². The minimum absolute atomic E-state index is 0.149.